The molecule has 0 spiro atoms. The van der Waals surface area contributed by atoms with Crippen molar-refractivity contribution in [2.75, 3.05) is 48.8 Å². The molecule has 0 aliphatic carbocycles. The van der Waals surface area contributed by atoms with E-state index < -0.39 is 11.0 Å². The lowest BCUT2D eigenvalue weighted by Crippen LogP contribution is -2.50. The lowest BCUT2D eigenvalue weighted by Gasteiger charge is -2.35. The molecule has 0 aromatic heterocycles. The molecule has 1 heterocycles. The summed E-state index contributed by atoms with van der Waals surface area (Å²) in [6.07, 6.45) is -0.598. The zero-order chi connectivity index (χ0) is 20.8. The van der Waals surface area contributed by atoms with Crippen molar-refractivity contribution in [2.45, 2.75) is 0 Å². The van der Waals surface area contributed by atoms with E-state index in [1.165, 1.54) is 13.2 Å². The highest BCUT2D eigenvalue weighted by Gasteiger charge is 2.25. The topological polar surface area (TPSA) is 117 Å². The van der Waals surface area contributed by atoms with Crippen LogP contribution in [0.15, 0.2) is 48.5 Å². The number of piperazine rings is 1. The van der Waals surface area contributed by atoms with Crippen molar-refractivity contribution in [1.29, 1.82) is 0 Å². The summed E-state index contributed by atoms with van der Waals surface area (Å²) in [6, 6.07) is 13.0. The number of hydrogen-bond acceptors (Lipinski definition) is 6. The number of hydrogen-bond donors (Lipinski definition) is 2. The van der Waals surface area contributed by atoms with Crippen molar-refractivity contribution in [3.05, 3.63) is 58.6 Å². The second kappa shape index (κ2) is 8.91. The van der Waals surface area contributed by atoms with E-state index in [0.29, 0.717) is 43.2 Å². The third-order valence-electron chi connectivity index (χ3n) is 4.53. The highest BCUT2D eigenvalue weighted by molar-refractivity contribution is 5.91. The third-order valence-corrected chi connectivity index (χ3v) is 4.53. The molecule has 2 N–H and O–H groups in total. The fraction of sp³-hybridized carbons (Fsp3) is 0.263. The molecule has 1 aliphatic heterocycles. The maximum Gasteiger partial charge on any atom is 0.411 e. The molecule has 0 unspecified atom stereocenters. The Morgan fingerprint density at radius 3 is 2.31 bits per heavy atom. The van der Waals surface area contributed by atoms with E-state index >= 15 is 0 Å². The first kappa shape index (κ1) is 19.9. The van der Waals surface area contributed by atoms with Crippen LogP contribution in [0.1, 0.15) is 0 Å². The first-order valence-corrected chi connectivity index (χ1v) is 8.97. The van der Waals surface area contributed by atoms with Gasteiger partial charge in [0.2, 0.25) is 0 Å². The number of urea groups is 1. The van der Waals surface area contributed by atoms with Crippen LogP contribution in [-0.4, -0.2) is 55.2 Å². The summed E-state index contributed by atoms with van der Waals surface area (Å²) in [6.45, 7) is 1.83. The summed E-state index contributed by atoms with van der Waals surface area (Å²) in [5, 5.41) is 16.6. The number of nitrogens with zero attached hydrogens (tertiary/aromatic N) is 3. The van der Waals surface area contributed by atoms with E-state index in [2.05, 4.69) is 15.4 Å². The van der Waals surface area contributed by atoms with Gasteiger partial charge in [-0.3, -0.25) is 15.4 Å². The highest BCUT2D eigenvalue weighted by atomic mass is 16.6. The van der Waals surface area contributed by atoms with E-state index in [9.17, 15) is 19.7 Å². The van der Waals surface area contributed by atoms with Gasteiger partial charge in [0.05, 0.1) is 12.0 Å². The highest BCUT2D eigenvalue weighted by Crippen LogP contribution is 2.28. The van der Waals surface area contributed by atoms with Gasteiger partial charge in [-0.15, -0.1) is 0 Å². The summed E-state index contributed by atoms with van der Waals surface area (Å²) in [7, 11) is 1.27. The number of benzene rings is 2. The number of nitro benzene ring substituents is 1. The van der Waals surface area contributed by atoms with Crippen molar-refractivity contribution in [2.24, 2.45) is 0 Å². The van der Waals surface area contributed by atoms with Crippen molar-refractivity contribution in [3.8, 4) is 0 Å². The number of nitro groups is 1. The van der Waals surface area contributed by atoms with Crippen molar-refractivity contribution in [3.63, 3.8) is 0 Å². The van der Waals surface area contributed by atoms with E-state index in [-0.39, 0.29) is 11.7 Å². The van der Waals surface area contributed by atoms with Gasteiger partial charge in [0.25, 0.3) is 5.69 Å². The van der Waals surface area contributed by atoms with E-state index in [1.54, 1.807) is 47.4 Å². The van der Waals surface area contributed by atoms with Gasteiger partial charge in [0, 0.05) is 43.6 Å². The number of carbonyl (C=O) groups excluding carboxylic acids is 2. The predicted octanol–water partition coefficient (Wildman–Crippen LogP) is 3.13. The van der Waals surface area contributed by atoms with Crippen molar-refractivity contribution in [1.82, 2.24) is 4.90 Å². The molecule has 152 valence electrons. The summed E-state index contributed by atoms with van der Waals surface area (Å²) in [5.74, 6) is 0. The van der Waals surface area contributed by atoms with Crippen LogP contribution in [-0.2, 0) is 4.74 Å². The summed E-state index contributed by atoms with van der Waals surface area (Å²) in [5.41, 5.74) is 1.64. The van der Waals surface area contributed by atoms with Gasteiger partial charge in [0.1, 0.15) is 5.69 Å². The summed E-state index contributed by atoms with van der Waals surface area (Å²) >= 11 is 0. The molecule has 1 fully saturated rings. The predicted molar refractivity (Wildman–Crippen MR) is 108 cm³/mol. The maximum absolute atomic E-state index is 12.6. The number of ether oxygens (including phenoxy) is 1. The van der Waals surface area contributed by atoms with Gasteiger partial charge >= 0.3 is 12.1 Å². The van der Waals surface area contributed by atoms with Gasteiger partial charge in [0.15, 0.2) is 0 Å². The molecule has 2 aromatic carbocycles. The molecule has 1 aliphatic rings. The molecule has 0 bridgehead atoms. The van der Waals surface area contributed by atoms with E-state index in [1.807, 2.05) is 4.90 Å². The van der Waals surface area contributed by atoms with Crippen molar-refractivity contribution >= 4 is 34.9 Å². The second-order valence-corrected chi connectivity index (χ2v) is 6.35. The van der Waals surface area contributed by atoms with E-state index in [4.69, 9.17) is 0 Å². The van der Waals surface area contributed by atoms with Crippen LogP contribution < -0.4 is 15.5 Å². The molecular weight excluding hydrogens is 378 g/mol. The molecule has 3 amide bonds. The van der Waals surface area contributed by atoms with Crippen LogP contribution in [0.25, 0.3) is 0 Å². The molecule has 2 aromatic rings. The van der Waals surface area contributed by atoms with Gasteiger partial charge in [-0.1, -0.05) is 18.2 Å². The Hall–Kier alpha value is -3.82. The smallest absolute Gasteiger partial charge is 0.411 e. The Morgan fingerprint density at radius 2 is 1.66 bits per heavy atom. The van der Waals surface area contributed by atoms with Gasteiger partial charge in [-0.2, -0.15) is 0 Å². The SMILES string of the molecule is COC(=O)Nc1cccc(NC(=O)N2CCN(c3ccccc3[N+](=O)[O-])CC2)c1. The van der Waals surface area contributed by atoms with Gasteiger partial charge in [-0.25, -0.2) is 9.59 Å². The maximum atomic E-state index is 12.6. The largest absolute Gasteiger partial charge is 0.453 e. The van der Waals surface area contributed by atoms with Crippen LogP contribution in [0.5, 0.6) is 0 Å². The van der Waals surface area contributed by atoms with Gasteiger partial charge in [-0.05, 0) is 24.3 Å². The number of nitrogens with one attached hydrogen (secondary N) is 2. The molecule has 0 saturated carbocycles. The normalized spacial score (nSPS) is 13.6. The minimum atomic E-state index is -0.598. The molecule has 10 heteroatoms. The number of para-hydroxylation sites is 2. The Kier molecular flexibility index (Phi) is 6.12. The fourth-order valence-electron chi connectivity index (χ4n) is 3.08. The minimum absolute atomic E-state index is 0.0559. The summed E-state index contributed by atoms with van der Waals surface area (Å²) < 4.78 is 4.55. The van der Waals surface area contributed by atoms with Crippen molar-refractivity contribution < 1.29 is 19.2 Å². The Balaban J connectivity index is 1.59. The average molecular weight is 399 g/mol. The van der Waals surface area contributed by atoms with Crippen LogP contribution in [0, 0.1) is 10.1 Å². The number of rotatable bonds is 4. The zero-order valence-corrected chi connectivity index (χ0v) is 15.8. The number of methoxy groups -OCH3 is 1. The number of amides is 3. The molecule has 3 rings (SSSR count). The quantitative estimate of drug-likeness (QED) is 0.603. The number of carbonyl (C=O) groups is 2. The summed E-state index contributed by atoms with van der Waals surface area (Å²) in [4.78, 5) is 38.2. The van der Waals surface area contributed by atoms with E-state index in [0.717, 1.165) is 0 Å². The lowest BCUT2D eigenvalue weighted by atomic mass is 10.2. The Labute approximate surface area is 167 Å². The van der Waals surface area contributed by atoms with Crippen LogP contribution in [0.3, 0.4) is 0 Å². The number of anilines is 3. The molecule has 29 heavy (non-hydrogen) atoms. The zero-order valence-electron chi connectivity index (χ0n) is 15.8. The fourth-order valence-corrected chi connectivity index (χ4v) is 3.08. The standard InChI is InChI=1S/C19H21N5O5/c1-29-19(26)21-15-6-4-5-14(13-15)20-18(25)23-11-9-22(10-12-23)16-7-2-3-8-17(16)24(27)28/h2-8,13H,9-12H2,1H3,(H,20,25)(H,21,26). The molecular formula is C19H21N5O5. The van der Waals surface area contributed by atoms with Crippen LogP contribution in [0.4, 0.5) is 32.3 Å². The average Bonchev–Trinajstić information content (AvgIpc) is 2.74. The second-order valence-electron chi connectivity index (χ2n) is 6.35. The van der Waals surface area contributed by atoms with Crippen LogP contribution in [0.2, 0.25) is 0 Å². The first-order valence-electron chi connectivity index (χ1n) is 8.97. The Morgan fingerprint density at radius 1 is 1.00 bits per heavy atom. The molecule has 0 radical (unpaired) electrons. The Bertz CT molecular complexity index is 911. The monoisotopic (exact) mass is 399 g/mol. The first-order chi connectivity index (χ1) is 14.0. The third kappa shape index (κ3) is 4.92. The molecule has 0 atom stereocenters. The van der Waals surface area contributed by atoms with Crippen LogP contribution >= 0.6 is 0 Å². The lowest BCUT2D eigenvalue weighted by molar-refractivity contribution is -0.384. The molecule has 1 saturated heterocycles. The minimum Gasteiger partial charge on any atom is -0.453 e. The molecule has 10 nitrogen and oxygen atoms in total. The van der Waals surface area contributed by atoms with Gasteiger partial charge < -0.3 is 19.9 Å².